The first-order chi connectivity index (χ1) is 16.1. The Bertz CT molecular complexity index is 1500. The number of aryl methyl sites for hydroxylation is 3. The van der Waals surface area contributed by atoms with Gasteiger partial charge in [0.1, 0.15) is 11.5 Å². The van der Waals surface area contributed by atoms with Gasteiger partial charge in [-0.15, -0.1) is 5.10 Å². The highest BCUT2D eigenvalue weighted by molar-refractivity contribution is 7.92. The lowest BCUT2D eigenvalue weighted by atomic mass is 10.1. The van der Waals surface area contributed by atoms with E-state index in [0.717, 1.165) is 5.56 Å². The molecule has 2 N–H and O–H groups in total. The van der Waals surface area contributed by atoms with Gasteiger partial charge in [0.05, 0.1) is 4.90 Å². The van der Waals surface area contributed by atoms with Crippen molar-refractivity contribution in [2.45, 2.75) is 25.7 Å². The molecule has 1 amide bonds. The Balaban J connectivity index is 1.61. The highest BCUT2D eigenvalue weighted by Crippen LogP contribution is 2.23. The maximum absolute atomic E-state index is 14.3. The summed E-state index contributed by atoms with van der Waals surface area (Å²) in [5, 5.41) is 13.7. The first-order valence-electron chi connectivity index (χ1n) is 10.2. The van der Waals surface area contributed by atoms with Gasteiger partial charge in [-0.2, -0.15) is 4.68 Å². The summed E-state index contributed by atoms with van der Waals surface area (Å²) in [6.45, 7) is 5.16. The quantitative estimate of drug-likeness (QED) is 0.434. The molecule has 11 heteroatoms. The monoisotopic (exact) mass is 480 g/mol. The largest absolute Gasteiger partial charge is 0.322 e. The van der Waals surface area contributed by atoms with Crippen LogP contribution in [0.15, 0.2) is 65.6 Å². The molecular weight excluding hydrogens is 459 g/mol. The fraction of sp³-hybridized carbons (Fsp3) is 0.130. The summed E-state index contributed by atoms with van der Waals surface area (Å²) in [5.41, 5.74) is 2.42. The topological polar surface area (TPSA) is 119 Å². The molecule has 0 atom stereocenters. The predicted octanol–water partition coefficient (Wildman–Crippen LogP) is 3.78. The fourth-order valence-corrected chi connectivity index (χ4v) is 4.42. The minimum atomic E-state index is -3.93. The summed E-state index contributed by atoms with van der Waals surface area (Å²) in [4.78, 5) is 12.9. The van der Waals surface area contributed by atoms with Gasteiger partial charge in [0.25, 0.3) is 15.9 Å². The van der Waals surface area contributed by atoms with Gasteiger partial charge in [-0.1, -0.05) is 18.2 Å². The maximum atomic E-state index is 14.3. The highest BCUT2D eigenvalue weighted by atomic mass is 32.2. The third-order valence-electron chi connectivity index (χ3n) is 5.09. The minimum absolute atomic E-state index is 0.0612. The molecule has 3 aromatic carbocycles. The van der Waals surface area contributed by atoms with Crippen molar-refractivity contribution < 1.29 is 17.6 Å². The number of aromatic nitrogens is 4. The summed E-state index contributed by atoms with van der Waals surface area (Å²) >= 11 is 0. The van der Waals surface area contributed by atoms with Gasteiger partial charge in [-0.05, 0) is 84.8 Å². The van der Waals surface area contributed by atoms with Crippen LogP contribution in [0.2, 0.25) is 0 Å². The van der Waals surface area contributed by atoms with Crippen LogP contribution in [0.1, 0.15) is 27.3 Å². The number of benzene rings is 3. The lowest BCUT2D eigenvalue weighted by molar-refractivity contribution is 0.102. The Hall–Kier alpha value is -4.12. The number of carbonyl (C=O) groups is 1. The average Bonchev–Trinajstić information content (AvgIpc) is 3.20. The van der Waals surface area contributed by atoms with Crippen molar-refractivity contribution in [3.8, 4) is 5.69 Å². The van der Waals surface area contributed by atoms with Crippen LogP contribution in [0.5, 0.6) is 0 Å². The van der Waals surface area contributed by atoms with Crippen molar-refractivity contribution in [1.82, 2.24) is 20.2 Å². The molecule has 0 fully saturated rings. The van der Waals surface area contributed by atoms with Crippen molar-refractivity contribution in [3.63, 3.8) is 0 Å². The molecule has 34 heavy (non-hydrogen) atoms. The standard InChI is InChI=1S/C23H21FN6O3S/c1-14-5-4-6-18(11-14)27-34(32,33)19-9-7-15(2)20(13-19)23(31)25-17-8-10-21(24)22(12-17)30-16(3)26-28-29-30/h4-13,27H,1-3H3,(H,25,31). The van der Waals surface area contributed by atoms with Gasteiger partial charge in [0.2, 0.25) is 0 Å². The molecule has 0 saturated carbocycles. The van der Waals surface area contributed by atoms with Crippen molar-refractivity contribution in [1.29, 1.82) is 0 Å². The average molecular weight is 481 g/mol. The lowest BCUT2D eigenvalue weighted by Crippen LogP contribution is -2.17. The van der Waals surface area contributed by atoms with Crippen molar-refractivity contribution in [3.05, 3.63) is 89.0 Å². The van der Waals surface area contributed by atoms with E-state index in [1.54, 1.807) is 38.1 Å². The van der Waals surface area contributed by atoms with E-state index in [2.05, 4.69) is 25.6 Å². The third-order valence-corrected chi connectivity index (χ3v) is 6.47. The molecule has 4 aromatic rings. The summed E-state index contributed by atoms with van der Waals surface area (Å²) in [6, 6.07) is 15.2. The molecule has 0 aliphatic heterocycles. The number of halogens is 1. The van der Waals surface area contributed by atoms with E-state index < -0.39 is 21.7 Å². The first kappa shape index (κ1) is 23.1. The van der Waals surface area contributed by atoms with Crippen molar-refractivity contribution >= 4 is 27.3 Å². The fourth-order valence-electron chi connectivity index (χ4n) is 3.34. The minimum Gasteiger partial charge on any atom is -0.322 e. The van der Waals surface area contributed by atoms with Gasteiger partial charge < -0.3 is 5.32 Å². The molecule has 0 radical (unpaired) electrons. The van der Waals surface area contributed by atoms with E-state index in [0.29, 0.717) is 22.8 Å². The molecule has 0 saturated heterocycles. The predicted molar refractivity (Wildman–Crippen MR) is 125 cm³/mol. The van der Waals surface area contributed by atoms with Crippen LogP contribution >= 0.6 is 0 Å². The molecule has 0 aliphatic rings. The molecule has 1 aromatic heterocycles. The molecule has 0 bridgehead atoms. The normalized spacial score (nSPS) is 11.3. The molecule has 0 unspecified atom stereocenters. The number of hydrogen-bond acceptors (Lipinski definition) is 6. The number of nitrogens with one attached hydrogen (secondary N) is 2. The Kier molecular flexibility index (Phi) is 6.12. The van der Waals surface area contributed by atoms with E-state index in [4.69, 9.17) is 0 Å². The van der Waals surface area contributed by atoms with Crippen LogP contribution in [0.3, 0.4) is 0 Å². The number of amides is 1. The SMILES string of the molecule is Cc1cccc(NS(=O)(=O)c2ccc(C)c(C(=O)Nc3ccc(F)c(-n4nnnc4C)c3)c2)c1. The third kappa shape index (κ3) is 4.79. The van der Waals surface area contributed by atoms with E-state index >= 15 is 0 Å². The number of nitrogens with zero attached hydrogens (tertiary/aromatic N) is 4. The summed E-state index contributed by atoms with van der Waals surface area (Å²) < 4.78 is 43.8. The highest BCUT2D eigenvalue weighted by Gasteiger charge is 2.19. The van der Waals surface area contributed by atoms with Crippen LogP contribution in [0, 0.1) is 26.6 Å². The Morgan fingerprint density at radius 2 is 1.76 bits per heavy atom. The lowest BCUT2D eigenvalue weighted by Gasteiger charge is -2.13. The molecular formula is C23H21FN6O3S. The zero-order valence-electron chi connectivity index (χ0n) is 18.6. The molecule has 0 aliphatic carbocycles. The second kappa shape index (κ2) is 9.02. The summed E-state index contributed by atoms with van der Waals surface area (Å²) in [6.07, 6.45) is 0. The number of anilines is 2. The smallest absolute Gasteiger partial charge is 0.261 e. The Labute approximate surface area is 195 Å². The Morgan fingerprint density at radius 1 is 0.971 bits per heavy atom. The van der Waals surface area contributed by atoms with Crippen LogP contribution < -0.4 is 10.0 Å². The van der Waals surface area contributed by atoms with E-state index in [-0.39, 0.29) is 16.1 Å². The van der Waals surface area contributed by atoms with Gasteiger partial charge in [0, 0.05) is 16.9 Å². The molecule has 4 rings (SSSR count). The van der Waals surface area contributed by atoms with Gasteiger partial charge in [0.15, 0.2) is 5.82 Å². The molecule has 174 valence electrons. The van der Waals surface area contributed by atoms with E-state index in [9.17, 15) is 17.6 Å². The second-order valence-corrected chi connectivity index (χ2v) is 9.39. The van der Waals surface area contributed by atoms with Crippen LogP contribution in [0.4, 0.5) is 15.8 Å². The summed E-state index contributed by atoms with van der Waals surface area (Å²) in [5.74, 6) is -0.742. The zero-order valence-corrected chi connectivity index (χ0v) is 19.4. The number of hydrogen-bond donors (Lipinski definition) is 2. The first-order valence-corrected chi connectivity index (χ1v) is 11.7. The van der Waals surface area contributed by atoms with Crippen LogP contribution in [-0.2, 0) is 10.0 Å². The molecule has 0 spiro atoms. The Morgan fingerprint density at radius 3 is 2.47 bits per heavy atom. The summed E-state index contributed by atoms with van der Waals surface area (Å²) in [7, 11) is -3.93. The number of carbonyl (C=O) groups excluding carboxylic acids is 1. The van der Waals surface area contributed by atoms with Gasteiger partial charge in [-0.3, -0.25) is 9.52 Å². The molecule has 9 nitrogen and oxygen atoms in total. The van der Waals surface area contributed by atoms with Crippen molar-refractivity contribution in [2.75, 3.05) is 10.0 Å². The molecule has 1 heterocycles. The van der Waals surface area contributed by atoms with Crippen LogP contribution in [-0.4, -0.2) is 34.5 Å². The number of tetrazole rings is 1. The van der Waals surface area contributed by atoms with E-state index in [1.165, 1.54) is 35.0 Å². The van der Waals surface area contributed by atoms with E-state index in [1.807, 2.05) is 13.0 Å². The van der Waals surface area contributed by atoms with Gasteiger partial charge in [-0.25, -0.2) is 12.8 Å². The zero-order chi connectivity index (χ0) is 24.5. The van der Waals surface area contributed by atoms with Crippen LogP contribution in [0.25, 0.3) is 5.69 Å². The number of sulfonamides is 1. The second-order valence-electron chi connectivity index (χ2n) is 7.71. The number of rotatable bonds is 6. The maximum Gasteiger partial charge on any atom is 0.261 e. The van der Waals surface area contributed by atoms with Gasteiger partial charge >= 0.3 is 0 Å². The van der Waals surface area contributed by atoms with Crippen molar-refractivity contribution in [2.24, 2.45) is 0 Å².